The van der Waals surface area contributed by atoms with Gasteiger partial charge in [0.05, 0.1) is 25.3 Å². The second kappa shape index (κ2) is 6.56. The van der Waals surface area contributed by atoms with Crippen molar-refractivity contribution in [1.29, 1.82) is 0 Å². The molecule has 0 N–H and O–H groups in total. The van der Waals surface area contributed by atoms with E-state index in [9.17, 15) is 4.79 Å². The van der Waals surface area contributed by atoms with Crippen molar-refractivity contribution < 1.29 is 19.0 Å². The molecule has 2 aromatic rings. The van der Waals surface area contributed by atoms with Crippen LogP contribution in [0, 0.1) is 0 Å². The van der Waals surface area contributed by atoms with Crippen molar-refractivity contribution in [2.75, 3.05) is 14.2 Å². The van der Waals surface area contributed by atoms with Gasteiger partial charge in [0.2, 0.25) is 5.88 Å². The van der Waals surface area contributed by atoms with Crippen molar-refractivity contribution in [3.8, 4) is 11.6 Å². The minimum absolute atomic E-state index is 0.342. The lowest BCUT2D eigenvalue weighted by Gasteiger charge is -2.09. The first-order valence-electron chi connectivity index (χ1n) is 6.03. The Hall–Kier alpha value is -2.56. The molecule has 0 spiro atoms. The predicted molar refractivity (Wildman–Crippen MR) is 72.9 cm³/mol. The van der Waals surface area contributed by atoms with Crippen LogP contribution in [0.25, 0.3) is 0 Å². The van der Waals surface area contributed by atoms with E-state index in [2.05, 4.69) is 9.72 Å². The standard InChI is InChI=1S/C15H15NO4/c1-18-14-12(4-3-9-16-14)10-20-13-7-5-11(6-8-13)15(17)19-2/h3-9H,10H2,1-2H3. The number of esters is 1. The van der Waals surface area contributed by atoms with Crippen LogP contribution >= 0.6 is 0 Å². The molecule has 0 unspecified atom stereocenters. The fourth-order valence-corrected chi connectivity index (χ4v) is 1.68. The summed E-state index contributed by atoms with van der Waals surface area (Å²) in [5.74, 6) is 0.827. The Kier molecular flexibility index (Phi) is 4.55. The van der Waals surface area contributed by atoms with Gasteiger partial charge in [-0.25, -0.2) is 9.78 Å². The molecule has 0 atom stereocenters. The number of ether oxygens (including phenoxy) is 3. The molecule has 5 nitrogen and oxygen atoms in total. The zero-order valence-electron chi connectivity index (χ0n) is 11.3. The summed E-state index contributed by atoms with van der Waals surface area (Å²) in [5.41, 5.74) is 1.34. The lowest BCUT2D eigenvalue weighted by atomic mass is 10.2. The van der Waals surface area contributed by atoms with Gasteiger partial charge in [-0.3, -0.25) is 0 Å². The summed E-state index contributed by atoms with van der Waals surface area (Å²) in [7, 11) is 2.92. The topological polar surface area (TPSA) is 57.7 Å². The Morgan fingerprint density at radius 2 is 1.90 bits per heavy atom. The average Bonchev–Trinajstić information content (AvgIpc) is 2.53. The molecule has 5 heteroatoms. The Labute approximate surface area is 117 Å². The normalized spacial score (nSPS) is 9.90. The zero-order chi connectivity index (χ0) is 14.4. The average molecular weight is 273 g/mol. The van der Waals surface area contributed by atoms with E-state index in [1.807, 2.05) is 12.1 Å². The number of methoxy groups -OCH3 is 2. The lowest BCUT2D eigenvalue weighted by Crippen LogP contribution is -2.02. The third kappa shape index (κ3) is 3.26. The van der Waals surface area contributed by atoms with Crippen LogP contribution in [0.1, 0.15) is 15.9 Å². The molecule has 2 rings (SSSR count). The van der Waals surface area contributed by atoms with E-state index in [0.29, 0.717) is 23.8 Å². The number of carbonyl (C=O) groups is 1. The van der Waals surface area contributed by atoms with Gasteiger partial charge in [-0.2, -0.15) is 0 Å². The molecule has 0 amide bonds. The summed E-state index contributed by atoms with van der Waals surface area (Å²) in [5, 5.41) is 0. The Morgan fingerprint density at radius 1 is 1.15 bits per heavy atom. The van der Waals surface area contributed by atoms with Crippen molar-refractivity contribution in [2.45, 2.75) is 6.61 Å². The highest BCUT2D eigenvalue weighted by Crippen LogP contribution is 2.18. The van der Waals surface area contributed by atoms with E-state index < -0.39 is 0 Å². The number of carbonyl (C=O) groups excluding carboxylic acids is 1. The van der Waals surface area contributed by atoms with Crippen molar-refractivity contribution >= 4 is 5.97 Å². The maximum Gasteiger partial charge on any atom is 0.337 e. The fourth-order valence-electron chi connectivity index (χ4n) is 1.68. The summed E-state index contributed by atoms with van der Waals surface area (Å²) < 4.78 is 15.4. The van der Waals surface area contributed by atoms with Crippen molar-refractivity contribution in [2.24, 2.45) is 0 Å². The van der Waals surface area contributed by atoms with Gasteiger partial charge in [-0.05, 0) is 36.4 Å². The summed E-state index contributed by atoms with van der Waals surface area (Å²) in [6, 6.07) is 10.4. The number of pyridine rings is 1. The predicted octanol–water partition coefficient (Wildman–Crippen LogP) is 2.46. The number of rotatable bonds is 5. The highest BCUT2D eigenvalue weighted by molar-refractivity contribution is 5.89. The second-order valence-electron chi connectivity index (χ2n) is 3.98. The molecule has 104 valence electrons. The Balaban J connectivity index is 2.02. The van der Waals surface area contributed by atoms with Crippen LogP contribution in [0.4, 0.5) is 0 Å². The molecule has 0 saturated carbocycles. The smallest absolute Gasteiger partial charge is 0.337 e. The molecule has 1 heterocycles. The lowest BCUT2D eigenvalue weighted by molar-refractivity contribution is 0.0600. The van der Waals surface area contributed by atoms with E-state index in [-0.39, 0.29) is 5.97 Å². The molecule has 0 aliphatic heterocycles. The molecule has 1 aromatic carbocycles. The van der Waals surface area contributed by atoms with Gasteiger partial charge in [0.25, 0.3) is 0 Å². The highest BCUT2D eigenvalue weighted by atomic mass is 16.5. The molecule has 20 heavy (non-hydrogen) atoms. The van der Waals surface area contributed by atoms with E-state index in [4.69, 9.17) is 9.47 Å². The Bertz CT molecular complexity index is 581. The van der Waals surface area contributed by atoms with Crippen LogP contribution in [0.3, 0.4) is 0 Å². The van der Waals surface area contributed by atoms with E-state index in [0.717, 1.165) is 5.56 Å². The molecular weight excluding hydrogens is 258 g/mol. The third-order valence-electron chi connectivity index (χ3n) is 2.71. The molecule has 0 radical (unpaired) electrons. The summed E-state index contributed by atoms with van der Waals surface area (Å²) >= 11 is 0. The number of nitrogens with zero attached hydrogens (tertiary/aromatic N) is 1. The number of aromatic nitrogens is 1. The van der Waals surface area contributed by atoms with Crippen LogP contribution in [-0.2, 0) is 11.3 Å². The van der Waals surface area contributed by atoms with E-state index in [1.54, 1.807) is 37.6 Å². The molecule has 0 saturated heterocycles. The van der Waals surface area contributed by atoms with Crippen molar-refractivity contribution in [3.63, 3.8) is 0 Å². The van der Waals surface area contributed by atoms with Gasteiger partial charge in [0, 0.05) is 6.20 Å². The molecule has 0 aliphatic rings. The zero-order valence-corrected chi connectivity index (χ0v) is 11.3. The fraction of sp³-hybridized carbons (Fsp3) is 0.200. The van der Waals surface area contributed by atoms with Gasteiger partial charge in [-0.1, -0.05) is 0 Å². The van der Waals surface area contributed by atoms with Crippen LogP contribution in [0.2, 0.25) is 0 Å². The van der Waals surface area contributed by atoms with Gasteiger partial charge < -0.3 is 14.2 Å². The molecule has 0 aliphatic carbocycles. The summed E-state index contributed by atoms with van der Waals surface area (Å²) in [4.78, 5) is 15.4. The van der Waals surface area contributed by atoms with Crippen LogP contribution < -0.4 is 9.47 Å². The minimum Gasteiger partial charge on any atom is -0.489 e. The first-order valence-corrected chi connectivity index (χ1v) is 6.03. The molecular formula is C15H15NO4. The SMILES string of the molecule is COC(=O)c1ccc(OCc2cccnc2OC)cc1. The van der Waals surface area contributed by atoms with Gasteiger partial charge in [0.15, 0.2) is 0 Å². The summed E-state index contributed by atoms with van der Waals surface area (Å²) in [6.45, 7) is 0.342. The van der Waals surface area contributed by atoms with E-state index >= 15 is 0 Å². The van der Waals surface area contributed by atoms with Crippen molar-refractivity contribution in [3.05, 3.63) is 53.7 Å². The molecule has 0 bridgehead atoms. The molecule has 1 aromatic heterocycles. The van der Waals surface area contributed by atoms with E-state index in [1.165, 1.54) is 7.11 Å². The van der Waals surface area contributed by atoms with Gasteiger partial charge >= 0.3 is 5.97 Å². The number of hydrogen-bond acceptors (Lipinski definition) is 5. The maximum atomic E-state index is 11.3. The monoisotopic (exact) mass is 273 g/mol. The summed E-state index contributed by atoms with van der Waals surface area (Å²) in [6.07, 6.45) is 1.66. The van der Waals surface area contributed by atoms with Crippen LogP contribution in [0.5, 0.6) is 11.6 Å². The molecule has 0 fully saturated rings. The second-order valence-corrected chi connectivity index (χ2v) is 3.98. The largest absolute Gasteiger partial charge is 0.489 e. The van der Waals surface area contributed by atoms with Crippen LogP contribution in [0.15, 0.2) is 42.6 Å². The minimum atomic E-state index is -0.370. The number of hydrogen-bond donors (Lipinski definition) is 0. The highest BCUT2D eigenvalue weighted by Gasteiger charge is 2.06. The third-order valence-corrected chi connectivity index (χ3v) is 2.71. The first kappa shape index (κ1) is 13.9. The van der Waals surface area contributed by atoms with Crippen molar-refractivity contribution in [1.82, 2.24) is 4.98 Å². The Morgan fingerprint density at radius 3 is 2.55 bits per heavy atom. The quantitative estimate of drug-likeness (QED) is 0.783. The first-order chi connectivity index (χ1) is 9.74. The van der Waals surface area contributed by atoms with Gasteiger partial charge in [0.1, 0.15) is 12.4 Å². The van der Waals surface area contributed by atoms with Crippen LogP contribution in [-0.4, -0.2) is 25.2 Å². The maximum absolute atomic E-state index is 11.3. The van der Waals surface area contributed by atoms with Gasteiger partial charge in [-0.15, -0.1) is 0 Å². The number of benzene rings is 1.